The summed E-state index contributed by atoms with van der Waals surface area (Å²) in [5, 5.41) is 0. The molecule has 0 saturated heterocycles. The van der Waals surface area contributed by atoms with E-state index in [0.717, 1.165) is 17.4 Å². The highest BCUT2D eigenvalue weighted by Gasteiger charge is 2.18. The van der Waals surface area contributed by atoms with Gasteiger partial charge in [-0.25, -0.2) is 4.39 Å². The van der Waals surface area contributed by atoms with Crippen LogP contribution in [0.1, 0.15) is 63.9 Å². The van der Waals surface area contributed by atoms with E-state index < -0.39 is 0 Å². The van der Waals surface area contributed by atoms with E-state index in [9.17, 15) is 4.39 Å². The summed E-state index contributed by atoms with van der Waals surface area (Å²) in [6, 6.07) is 6.68. The molecule has 21 heavy (non-hydrogen) atoms. The van der Waals surface area contributed by atoms with Crippen LogP contribution in [-0.2, 0) is 0 Å². The predicted molar refractivity (Wildman–Crippen MR) is 88.5 cm³/mol. The molecule has 0 aromatic heterocycles. The van der Waals surface area contributed by atoms with E-state index in [1.165, 1.54) is 63.5 Å². The number of rotatable bonds is 7. The van der Waals surface area contributed by atoms with Gasteiger partial charge in [0.1, 0.15) is 5.82 Å². The number of unbranched alkanes of at least 4 members (excludes halogenated alkanes) is 2. The van der Waals surface area contributed by atoms with Crippen molar-refractivity contribution in [2.45, 2.75) is 58.3 Å². The second-order valence-corrected chi connectivity index (χ2v) is 6.38. The number of allylic oxidation sites excluding steroid dienone is 2. The SMILES string of the molecule is CCCCC[C@H]1CC[C@H](/C=C/[CH]c2ccc(F)cc2)CC1. The van der Waals surface area contributed by atoms with Gasteiger partial charge in [0.05, 0.1) is 0 Å². The molecule has 0 N–H and O–H groups in total. The summed E-state index contributed by atoms with van der Waals surface area (Å²) in [5.74, 6) is 1.55. The van der Waals surface area contributed by atoms with Gasteiger partial charge in [-0.05, 0) is 55.2 Å². The molecule has 1 heteroatoms. The fraction of sp³-hybridized carbons (Fsp3) is 0.550. The van der Waals surface area contributed by atoms with Crippen molar-refractivity contribution in [2.75, 3.05) is 0 Å². The van der Waals surface area contributed by atoms with Crippen molar-refractivity contribution in [3.8, 4) is 0 Å². The fourth-order valence-electron chi connectivity index (χ4n) is 3.25. The molecule has 0 nitrogen and oxygen atoms in total. The lowest BCUT2D eigenvalue weighted by molar-refractivity contribution is 0.289. The largest absolute Gasteiger partial charge is 0.207 e. The van der Waals surface area contributed by atoms with Gasteiger partial charge in [-0.1, -0.05) is 56.9 Å². The highest BCUT2D eigenvalue weighted by atomic mass is 19.1. The smallest absolute Gasteiger partial charge is 0.123 e. The Morgan fingerprint density at radius 2 is 1.76 bits per heavy atom. The minimum absolute atomic E-state index is 0.169. The van der Waals surface area contributed by atoms with E-state index in [1.807, 2.05) is 12.1 Å². The summed E-state index contributed by atoms with van der Waals surface area (Å²) in [7, 11) is 0. The van der Waals surface area contributed by atoms with E-state index in [2.05, 4.69) is 25.5 Å². The molecule has 115 valence electrons. The summed E-state index contributed by atoms with van der Waals surface area (Å²) in [4.78, 5) is 0. The molecule has 1 aromatic carbocycles. The van der Waals surface area contributed by atoms with Gasteiger partial charge in [0, 0.05) is 6.42 Å². The normalized spacial score (nSPS) is 22.8. The number of hydrogen-bond acceptors (Lipinski definition) is 0. The first kappa shape index (κ1) is 16.3. The zero-order valence-corrected chi connectivity index (χ0v) is 13.2. The van der Waals surface area contributed by atoms with Crippen LogP contribution in [0.5, 0.6) is 0 Å². The first-order valence-electron chi connectivity index (χ1n) is 8.55. The number of halogens is 1. The molecule has 0 unspecified atom stereocenters. The molecule has 1 fully saturated rings. The predicted octanol–water partition coefficient (Wildman–Crippen LogP) is 6.32. The van der Waals surface area contributed by atoms with Gasteiger partial charge in [-0.15, -0.1) is 0 Å². The molecule has 1 aliphatic carbocycles. The van der Waals surface area contributed by atoms with Crippen molar-refractivity contribution in [2.24, 2.45) is 11.8 Å². The number of hydrogen-bond donors (Lipinski definition) is 0. The summed E-state index contributed by atoms with van der Waals surface area (Å²) in [6.07, 6.45) is 17.6. The molecule has 0 amide bonds. The van der Waals surface area contributed by atoms with Gasteiger partial charge in [-0.3, -0.25) is 0 Å². The molecule has 0 atom stereocenters. The maximum atomic E-state index is 12.8. The third-order valence-electron chi connectivity index (χ3n) is 4.65. The lowest BCUT2D eigenvalue weighted by Crippen LogP contribution is -2.13. The van der Waals surface area contributed by atoms with Crippen LogP contribution in [0.3, 0.4) is 0 Å². The lowest BCUT2D eigenvalue weighted by atomic mass is 9.79. The van der Waals surface area contributed by atoms with Crippen LogP contribution in [0.15, 0.2) is 36.4 Å². The lowest BCUT2D eigenvalue weighted by Gasteiger charge is -2.26. The van der Waals surface area contributed by atoms with E-state index in [4.69, 9.17) is 0 Å². The van der Waals surface area contributed by atoms with Gasteiger partial charge in [0.2, 0.25) is 0 Å². The minimum atomic E-state index is -0.169. The summed E-state index contributed by atoms with van der Waals surface area (Å²) in [6.45, 7) is 2.28. The van der Waals surface area contributed by atoms with Crippen LogP contribution >= 0.6 is 0 Å². The van der Waals surface area contributed by atoms with Gasteiger partial charge in [0.25, 0.3) is 0 Å². The first-order valence-corrected chi connectivity index (χ1v) is 8.55. The van der Waals surface area contributed by atoms with Crippen molar-refractivity contribution in [1.29, 1.82) is 0 Å². The molecule has 0 heterocycles. The highest BCUT2D eigenvalue weighted by Crippen LogP contribution is 2.32. The standard InChI is InChI=1S/C20H28F/c1-2-3-4-6-17-9-11-18(12-10-17)7-5-8-19-13-15-20(21)16-14-19/h5,7-8,13-18H,2-4,6,9-12H2,1H3/b7-5+/t17-,18-. The summed E-state index contributed by atoms with van der Waals surface area (Å²) in [5.41, 5.74) is 1.07. The summed E-state index contributed by atoms with van der Waals surface area (Å²) < 4.78 is 12.8. The van der Waals surface area contributed by atoms with Crippen LogP contribution < -0.4 is 0 Å². The van der Waals surface area contributed by atoms with Crippen LogP contribution in [0.4, 0.5) is 4.39 Å². The Labute approximate surface area is 129 Å². The third kappa shape index (κ3) is 6.03. The Morgan fingerprint density at radius 3 is 2.43 bits per heavy atom. The highest BCUT2D eigenvalue weighted by molar-refractivity contribution is 5.28. The van der Waals surface area contributed by atoms with Crippen molar-refractivity contribution < 1.29 is 4.39 Å². The Bertz CT molecular complexity index is 410. The monoisotopic (exact) mass is 287 g/mol. The summed E-state index contributed by atoms with van der Waals surface area (Å²) >= 11 is 0. The average molecular weight is 287 g/mol. The second-order valence-electron chi connectivity index (χ2n) is 6.38. The molecular formula is C20H28F. The van der Waals surface area contributed by atoms with E-state index in [0.29, 0.717) is 0 Å². The van der Waals surface area contributed by atoms with Gasteiger partial charge >= 0.3 is 0 Å². The molecule has 0 spiro atoms. The molecule has 0 aliphatic heterocycles. The van der Waals surface area contributed by atoms with Crippen molar-refractivity contribution in [3.05, 3.63) is 54.2 Å². The Morgan fingerprint density at radius 1 is 1.05 bits per heavy atom. The van der Waals surface area contributed by atoms with Crippen molar-refractivity contribution >= 4 is 0 Å². The van der Waals surface area contributed by atoms with Gasteiger partial charge < -0.3 is 0 Å². The average Bonchev–Trinajstić information content (AvgIpc) is 2.51. The fourth-order valence-corrected chi connectivity index (χ4v) is 3.25. The molecule has 1 saturated carbocycles. The van der Waals surface area contributed by atoms with Gasteiger partial charge in [-0.2, -0.15) is 0 Å². The Kier molecular flexibility index (Phi) is 6.99. The van der Waals surface area contributed by atoms with Crippen molar-refractivity contribution in [1.82, 2.24) is 0 Å². The molecule has 1 aromatic rings. The Hall–Kier alpha value is -1.11. The topological polar surface area (TPSA) is 0 Å². The second kappa shape index (κ2) is 9.02. The molecular weight excluding hydrogens is 259 g/mol. The third-order valence-corrected chi connectivity index (χ3v) is 4.65. The maximum absolute atomic E-state index is 12.8. The molecule has 1 aliphatic rings. The van der Waals surface area contributed by atoms with E-state index in [-0.39, 0.29) is 5.82 Å². The van der Waals surface area contributed by atoms with E-state index in [1.54, 1.807) is 0 Å². The van der Waals surface area contributed by atoms with E-state index >= 15 is 0 Å². The van der Waals surface area contributed by atoms with Crippen molar-refractivity contribution in [3.63, 3.8) is 0 Å². The Balaban J connectivity index is 1.66. The van der Waals surface area contributed by atoms with Crippen LogP contribution in [0.25, 0.3) is 0 Å². The first-order chi connectivity index (χ1) is 10.3. The molecule has 2 rings (SSSR count). The maximum Gasteiger partial charge on any atom is 0.123 e. The van der Waals surface area contributed by atoms with Crippen LogP contribution in [-0.4, -0.2) is 0 Å². The van der Waals surface area contributed by atoms with Crippen LogP contribution in [0, 0.1) is 24.1 Å². The van der Waals surface area contributed by atoms with Gasteiger partial charge in [0.15, 0.2) is 0 Å². The zero-order valence-electron chi connectivity index (χ0n) is 13.2. The zero-order chi connectivity index (χ0) is 14.9. The molecule has 1 radical (unpaired) electrons. The van der Waals surface area contributed by atoms with Crippen LogP contribution in [0.2, 0.25) is 0 Å². The number of benzene rings is 1. The molecule has 0 bridgehead atoms. The minimum Gasteiger partial charge on any atom is -0.207 e. The quantitative estimate of drug-likeness (QED) is 0.515.